The molecule has 0 saturated carbocycles. The van der Waals surface area contributed by atoms with Crippen LogP contribution in [0.1, 0.15) is 0 Å². The van der Waals surface area contributed by atoms with Crippen molar-refractivity contribution in [3.05, 3.63) is 11.1 Å². The van der Waals surface area contributed by atoms with Crippen molar-refractivity contribution in [2.45, 2.75) is 0 Å². The fourth-order valence-corrected chi connectivity index (χ4v) is 0.454. The summed E-state index contributed by atoms with van der Waals surface area (Å²) in [5, 5.41) is 17.1. The topological polar surface area (TPSA) is 40.5 Å². The summed E-state index contributed by atoms with van der Waals surface area (Å²) in [7, 11) is 0. The van der Waals surface area contributed by atoms with Gasteiger partial charge in [0.05, 0.1) is 18.8 Å². The zero-order chi connectivity index (χ0) is 7.98. The van der Waals surface area contributed by atoms with Crippen LogP contribution in [-0.2, 0) is 0 Å². The summed E-state index contributed by atoms with van der Waals surface area (Å²) >= 11 is 0. The molecule has 0 heterocycles. The lowest BCUT2D eigenvalue weighted by Crippen LogP contribution is -1.99. The second kappa shape index (κ2) is 4.64. The molecule has 0 aromatic heterocycles. The van der Waals surface area contributed by atoms with E-state index in [4.69, 9.17) is 23.1 Å². The van der Waals surface area contributed by atoms with E-state index in [9.17, 15) is 0 Å². The fraction of sp³-hybridized carbons (Fsp3) is 0.250. The minimum Gasteiger partial charge on any atom is -0.392 e. The Labute approximate surface area is 60.2 Å². The van der Waals surface area contributed by atoms with Crippen molar-refractivity contribution in [1.82, 2.24) is 0 Å². The Morgan fingerprint density at radius 3 is 1.60 bits per heavy atom. The van der Waals surface area contributed by atoms with Crippen LogP contribution in [0.5, 0.6) is 0 Å². The molecule has 0 fully saturated rings. The van der Waals surface area contributed by atoms with Crippen LogP contribution in [0.15, 0.2) is 11.1 Å². The van der Waals surface area contributed by atoms with E-state index in [1.165, 1.54) is 0 Å². The van der Waals surface area contributed by atoms with Crippen molar-refractivity contribution >= 4 is 0 Å². The standard InChI is InChI=1S/C8H8O2/c1-3-7(4-2)8(5-9)6-10/h1-2,9-10H,5-6H2. The number of hydrogen-bond donors (Lipinski definition) is 2. The number of rotatable bonds is 2. The highest BCUT2D eigenvalue weighted by Gasteiger charge is 1.97. The molecular formula is C8H8O2. The van der Waals surface area contributed by atoms with Gasteiger partial charge in [-0.25, -0.2) is 0 Å². The SMILES string of the molecule is C#CC(C#C)=C(CO)CO. The van der Waals surface area contributed by atoms with E-state index >= 15 is 0 Å². The summed E-state index contributed by atoms with van der Waals surface area (Å²) in [6, 6.07) is 0. The normalized spacial score (nSPS) is 7.60. The average molecular weight is 136 g/mol. The van der Waals surface area contributed by atoms with Crippen LogP contribution in [0.2, 0.25) is 0 Å². The van der Waals surface area contributed by atoms with Crippen molar-refractivity contribution in [3.8, 4) is 24.7 Å². The van der Waals surface area contributed by atoms with Crippen LogP contribution in [0, 0.1) is 24.7 Å². The molecule has 0 aromatic carbocycles. The molecule has 0 aromatic rings. The van der Waals surface area contributed by atoms with Gasteiger partial charge in [0.15, 0.2) is 0 Å². The van der Waals surface area contributed by atoms with Gasteiger partial charge in [0.25, 0.3) is 0 Å². The van der Waals surface area contributed by atoms with Crippen molar-refractivity contribution in [3.63, 3.8) is 0 Å². The van der Waals surface area contributed by atoms with Crippen LogP contribution in [0.3, 0.4) is 0 Å². The lowest BCUT2D eigenvalue weighted by atomic mass is 10.1. The summed E-state index contributed by atoms with van der Waals surface area (Å²) in [6.07, 6.45) is 9.93. The first-order valence-electron chi connectivity index (χ1n) is 2.67. The predicted octanol–water partition coefficient (Wildman–Crippen LogP) is -0.466. The fourth-order valence-electron chi connectivity index (χ4n) is 0.454. The van der Waals surface area contributed by atoms with E-state index in [-0.39, 0.29) is 18.8 Å². The highest BCUT2D eigenvalue weighted by Crippen LogP contribution is 1.99. The first-order chi connectivity index (χ1) is 4.79. The summed E-state index contributed by atoms with van der Waals surface area (Å²) in [5.74, 6) is 4.35. The summed E-state index contributed by atoms with van der Waals surface area (Å²) in [4.78, 5) is 0. The molecule has 0 atom stereocenters. The van der Waals surface area contributed by atoms with Gasteiger partial charge in [0, 0.05) is 5.57 Å². The second-order valence-corrected chi connectivity index (χ2v) is 1.58. The molecule has 0 spiro atoms. The summed E-state index contributed by atoms with van der Waals surface area (Å²) < 4.78 is 0. The number of hydrogen-bond acceptors (Lipinski definition) is 2. The third-order valence-electron chi connectivity index (χ3n) is 1.02. The van der Waals surface area contributed by atoms with E-state index in [2.05, 4.69) is 11.8 Å². The first kappa shape index (κ1) is 8.78. The lowest BCUT2D eigenvalue weighted by Gasteiger charge is -1.97. The van der Waals surface area contributed by atoms with Gasteiger partial charge in [0.1, 0.15) is 0 Å². The number of allylic oxidation sites excluding steroid dienone is 1. The second-order valence-electron chi connectivity index (χ2n) is 1.58. The molecule has 0 rings (SSSR count). The molecule has 52 valence electrons. The Kier molecular flexibility index (Phi) is 4.07. The Morgan fingerprint density at radius 2 is 1.50 bits per heavy atom. The highest BCUT2D eigenvalue weighted by atomic mass is 16.3. The molecule has 0 aliphatic carbocycles. The van der Waals surface area contributed by atoms with E-state index in [1.54, 1.807) is 0 Å². The van der Waals surface area contributed by atoms with E-state index < -0.39 is 0 Å². The Balaban J connectivity index is 4.62. The third-order valence-corrected chi connectivity index (χ3v) is 1.02. The van der Waals surface area contributed by atoms with Gasteiger partial charge in [-0.05, 0) is 0 Å². The van der Waals surface area contributed by atoms with Gasteiger partial charge >= 0.3 is 0 Å². The largest absolute Gasteiger partial charge is 0.392 e. The minimum absolute atomic E-state index is 0.227. The van der Waals surface area contributed by atoms with Gasteiger partial charge in [-0.2, -0.15) is 0 Å². The quantitative estimate of drug-likeness (QED) is 0.504. The van der Waals surface area contributed by atoms with Crippen molar-refractivity contribution in [2.24, 2.45) is 0 Å². The Hall–Kier alpha value is -1.22. The maximum Gasteiger partial charge on any atom is 0.0776 e. The molecule has 10 heavy (non-hydrogen) atoms. The molecule has 0 bridgehead atoms. The van der Waals surface area contributed by atoms with Gasteiger partial charge in [0.2, 0.25) is 0 Å². The molecule has 2 N–H and O–H groups in total. The molecule has 0 saturated heterocycles. The van der Waals surface area contributed by atoms with E-state index in [0.717, 1.165) is 0 Å². The van der Waals surface area contributed by atoms with E-state index in [0.29, 0.717) is 5.57 Å². The Morgan fingerprint density at radius 1 is 1.10 bits per heavy atom. The molecule has 0 amide bonds. The highest BCUT2D eigenvalue weighted by molar-refractivity contribution is 5.45. The zero-order valence-corrected chi connectivity index (χ0v) is 5.46. The van der Waals surface area contributed by atoms with Crippen molar-refractivity contribution < 1.29 is 10.2 Å². The molecule has 0 aliphatic heterocycles. The molecular weight excluding hydrogens is 128 g/mol. The van der Waals surface area contributed by atoms with Crippen LogP contribution < -0.4 is 0 Å². The van der Waals surface area contributed by atoms with Crippen molar-refractivity contribution in [2.75, 3.05) is 13.2 Å². The zero-order valence-electron chi connectivity index (χ0n) is 5.46. The number of aliphatic hydroxyl groups is 2. The van der Waals surface area contributed by atoms with Gasteiger partial charge < -0.3 is 10.2 Å². The lowest BCUT2D eigenvalue weighted by molar-refractivity contribution is 0.276. The summed E-state index contributed by atoms with van der Waals surface area (Å²) in [5.41, 5.74) is 0.537. The number of aliphatic hydroxyl groups excluding tert-OH is 2. The van der Waals surface area contributed by atoms with E-state index in [1.807, 2.05) is 0 Å². The maximum absolute atomic E-state index is 8.55. The summed E-state index contributed by atoms with van der Waals surface area (Å²) in [6.45, 7) is -0.583. The Bertz CT molecular complexity index is 190. The van der Waals surface area contributed by atoms with Crippen LogP contribution in [0.25, 0.3) is 0 Å². The third kappa shape index (κ3) is 1.95. The van der Waals surface area contributed by atoms with Crippen LogP contribution >= 0.6 is 0 Å². The molecule has 0 aliphatic rings. The van der Waals surface area contributed by atoms with Gasteiger partial charge in [-0.1, -0.05) is 11.8 Å². The average Bonchev–Trinajstić information content (AvgIpc) is 2.00. The first-order valence-corrected chi connectivity index (χ1v) is 2.67. The molecule has 0 unspecified atom stereocenters. The monoisotopic (exact) mass is 136 g/mol. The molecule has 2 nitrogen and oxygen atoms in total. The molecule has 2 heteroatoms. The van der Waals surface area contributed by atoms with Gasteiger partial charge in [-0.15, -0.1) is 12.8 Å². The maximum atomic E-state index is 8.55. The number of terminal acetylenes is 2. The van der Waals surface area contributed by atoms with Crippen LogP contribution in [-0.4, -0.2) is 23.4 Å². The smallest absolute Gasteiger partial charge is 0.0776 e. The van der Waals surface area contributed by atoms with Crippen molar-refractivity contribution in [1.29, 1.82) is 0 Å². The molecule has 0 radical (unpaired) electrons. The van der Waals surface area contributed by atoms with Crippen LogP contribution in [0.4, 0.5) is 0 Å². The minimum atomic E-state index is -0.291. The predicted molar refractivity (Wildman–Crippen MR) is 38.9 cm³/mol. The van der Waals surface area contributed by atoms with Gasteiger partial charge in [-0.3, -0.25) is 0 Å².